The maximum Gasteiger partial charge on any atom is 0.408 e. The van der Waals surface area contributed by atoms with Crippen molar-refractivity contribution in [1.29, 1.82) is 0 Å². The number of carbonyl (C=O) groups is 3. The summed E-state index contributed by atoms with van der Waals surface area (Å²) in [6, 6.07) is 9.31. The van der Waals surface area contributed by atoms with Crippen molar-refractivity contribution in [3.8, 4) is 0 Å². The summed E-state index contributed by atoms with van der Waals surface area (Å²) in [6.45, 7) is 13.5. The van der Waals surface area contributed by atoms with Gasteiger partial charge in [-0.3, -0.25) is 9.59 Å². The summed E-state index contributed by atoms with van der Waals surface area (Å²) < 4.78 is 5.41. The number of aryl methyl sites for hydroxylation is 3. The number of thiol groups is 1. The van der Waals surface area contributed by atoms with Crippen LogP contribution in [0, 0.1) is 20.8 Å². The molecule has 7 nitrogen and oxygen atoms in total. The van der Waals surface area contributed by atoms with Crippen molar-refractivity contribution in [1.82, 2.24) is 10.2 Å². The molecule has 0 radical (unpaired) electrons. The van der Waals surface area contributed by atoms with Crippen molar-refractivity contribution in [2.45, 2.75) is 98.3 Å². The summed E-state index contributed by atoms with van der Waals surface area (Å²) in [5.41, 5.74) is 3.12. The number of unbranched alkanes of at least 4 members (excludes halogenated alkanes) is 4. The summed E-state index contributed by atoms with van der Waals surface area (Å²) in [7, 11) is 0. The van der Waals surface area contributed by atoms with Crippen molar-refractivity contribution in [3.63, 3.8) is 0 Å². The first kappa shape index (κ1) is 34.5. The Morgan fingerprint density at radius 2 is 1.68 bits per heavy atom. The lowest BCUT2D eigenvalue weighted by Crippen LogP contribution is -2.53. The van der Waals surface area contributed by atoms with E-state index in [1.807, 2.05) is 51.1 Å². The summed E-state index contributed by atoms with van der Waals surface area (Å²) in [6.07, 6.45) is 4.12. The first-order valence-corrected chi connectivity index (χ1v) is 15.3. The third kappa shape index (κ3) is 10.6. The highest BCUT2D eigenvalue weighted by atomic mass is 35.5. The number of alkyl carbamates (subject to hydrolysis) is 1. The second-order valence-electron chi connectivity index (χ2n) is 11.5. The topological polar surface area (TPSA) is 87.7 Å². The molecule has 2 unspecified atom stereocenters. The first-order valence-electron chi connectivity index (χ1n) is 14.3. The van der Waals surface area contributed by atoms with E-state index in [0.29, 0.717) is 29.2 Å². The Balaban J connectivity index is 2.57. The van der Waals surface area contributed by atoms with E-state index in [9.17, 15) is 14.4 Å². The number of amides is 3. The van der Waals surface area contributed by atoms with Gasteiger partial charge in [-0.25, -0.2) is 4.79 Å². The molecule has 0 bridgehead atoms. The SMILES string of the molecule is CCCCCCCN(C(=O)C(CS)NC(=O)OC(C)(C)C)C(C(=O)Nc1c(C)cccc1Cl)c1cc(C)ccc1C. The van der Waals surface area contributed by atoms with Crippen LogP contribution < -0.4 is 10.6 Å². The molecule has 3 amide bonds. The predicted molar refractivity (Wildman–Crippen MR) is 171 cm³/mol. The van der Waals surface area contributed by atoms with Crippen LogP contribution >= 0.6 is 24.2 Å². The monoisotopic (exact) mass is 603 g/mol. The van der Waals surface area contributed by atoms with Crippen LogP contribution in [-0.2, 0) is 14.3 Å². The van der Waals surface area contributed by atoms with Crippen LogP contribution in [0.2, 0.25) is 5.02 Å². The van der Waals surface area contributed by atoms with Gasteiger partial charge in [0.25, 0.3) is 5.91 Å². The molecule has 0 aliphatic heterocycles. The van der Waals surface area contributed by atoms with Gasteiger partial charge in [0.05, 0.1) is 10.7 Å². The van der Waals surface area contributed by atoms with E-state index in [1.54, 1.807) is 31.7 Å². The van der Waals surface area contributed by atoms with Crippen LogP contribution in [0.5, 0.6) is 0 Å². The van der Waals surface area contributed by atoms with Gasteiger partial charge in [-0.15, -0.1) is 0 Å². The van der Waals surface area contributed by atoms with Crippen LogP contribution in [-0.4, -0.2) is 46.7 Å². The first-order chi connectivity index (χ1) is 19.3. The Morgan fingerprint density at radius 1 is 1.00 bits per heavy atom. The zero-order chi connectivity index (χ0) is 30.7. The van der Waals surface area contributed by atoms with E-state index in [0.717, 1.165) is 42.4 Å². The van der Waals surface area contributed by atoms with E-state index >= 15 is 0 Å². The molecule has 41 heavy (non-hydrogen) atoms. The molecular formula is C32H46ClN3O4S. The molecule has 2 aromatic rings. The molecule has 0 heterocycles. The third-order valence-electron chi connectivity index (χ3n) is 6.72. The van der Waals surface area contributed by atoms with Crippen molar-refractivity contribution >= 4 is 47.8 Å². The van der Waals surface area contributed by atoms with Crippen LogP contribution in [0.3, 0.4) is 0 Å². The standard InChI is InChI=1S/C32H46ClN3O4S/c1-8-9-10-11-12-18-36(30(38)26(20-41)34-31(39)40-32(5,6)7)28(24-19-21(2)16-17-22(24)3)29(37)35-27-23(4)14-13-15-25(27)33/h13-17,19,26,28,41H,8-12,18,20H2,1-7H3,(H,34,39)(H,35,37). The number of halogens is 1. The second kappa shape index (κ2) is 16.1. The average molecular weight is 604 g/mol. The van der Waals surface area contributed by atoms with Gasteiger partial charge < -0.3 is 20.3 Å². The molecule has 2 aromatic carbocycles. The Hall–Kier alpha value is -2.71. The molecule has 0 aromatic heterocycles. The average Bonchev–Trinajstić information content (AvgIpc) is 2.89. The zero-order valence-electron chi connectivity index (χ0n) is 25.5. The fourth-order valence-electron chi connectivity index (χ4n) is 4.57. The predicted octanol–water partition coefficient (Wildman–Crippen LogP) is 7.57. The van der Waals surface area contributed by atoms with Gasteiger partial charge in [-0.2, -0.15) is 12.6 Å². The van der Waals surface area contributed by atoms with Gasteiger partial charge in [-0.1, -0.05) is 80.1 Å². The van der Waals surface area contributed by atoms with Gasteiger partial charge in [0.2, 0.25) is 5.91 Å². The molecule has 226 valence electrons. The molecule has 2 rings (SSSR count). The number of hydrogen-bond donors (Lipinski definition) is 3. The number of ether oxygens (including phenoxy) is 1. The summed E-state index contributed by atoms with van der Waals surface area (Å²) in [5.74, 6) is -0.750. The number of benzene rings is 2. The highest BCUT2D eigenvalue weighted by Gasteiger charge is 2.36. The number of nitrogens with zero attached hydrogens (tertiary/aromatic N) is 1. The number of nitrogens with one attached hydrogen (secondary N) is 2. The Morgan fingerprint density at radius 3 is 2.29 bits per heavy atom. The quantitative estimate of drug-likeness (QED) is 0.163. The molecule has 2 atom stereocenters. The van der Waals surface area contributed by atoms with Gasteiger partial charge >= 0.3 is 6.09 Å². The number of rotatable bonds is 13. The summed E-state index contributed by atoms with van der Waals surface area (Å²) >= 11 is 10.9. The number of anilines is 1. The van der Waals surface area contributed by atoms with Crippen LogP contribution in [0.15, 0.2) is 36.4 Å². The molecule has 0 aliphatic rings. The molecular weight excluding hydrogens is 558 g/mol. The molecule has 0 saturated carbocycles. The fourth-order valence-corrected chi connectivity index (χ4v) is 5.09. The molecule has 9 heteroatoms. The molecule has 0 aliphatic carbocycles. The molecule has 0 fully saturated rings. The second-order valence-corrected chi connectivity index (χ2v) is 12.3. The number of hydrogen-bond acceptors (Lipinski definition) is 5. The van der Waals surface area contributed by atoms with Gasteiger partial charge in [-0.05, 0) is 70.7 Å². The lowest BCUT2D eigenvalue weighted by Gasteiger charge is -2.35. The lowest BCUT2D eigenvalue weighted by atomic mass is 9.95. The smallest absolute Gasteiger partial charge is 0.408 e. The van der Waals surface area contributed by atoms with Crippen LogP contribution in [0.25, 0.3) is 0 Å². The Bertz CT molecular complexity index is 1180. The summed E-state index contributed by atoms with van der Waals surface area (Å²) in [5, 5.41) is 6.09. The van der Waals surface area contributed by atoms with Crippen molar-refractivity contribution in [2.75, 3.05) is 17.6 Å². The number of carbonyl (C=O) groups excluding carboxylic acids is 3. The zero-order valence-corrected chi connectivity index (χ0v) is 27.1. The van der Waals surface area contributed by atoms with E-state index in [4.69, 9.17) is 16.3 Å². The Labute approximate surface area is 256 Å². The van der Waals surface area contributed by atoms with E-state index < -0.39 is 29.7 Å². The van der Waals surface area contributed by atoms with Gasteiger partial charge in [0.1, 0.15) is 17.7 Å². The number of para-hydroxylation sites is 1. The molecule has 2 N–H and O–H groups in total. The minimum atomic E-state index is -0.994. The maximum absolute atomic E-state index is 14.2. The summed E-state index contributed by atoms with van der Waals surface area (Å²) in [4.78, 5) is 42.6. The Kier molecular flexibility index (Phi) is 13.5. The van der Waals surface area contributed by atoms with E-state index in [-0.39, 0.29) is 11.7 Å². The largest absolute Gasteiger partial charge is 0.444 e. The normalized spacial score (nSPS) is 12.8. The van der Waals surface area contributed by atoms with Gasteiger partial charge in [0.15, 0.2) is 0 Å². The minimum Gasteiger partial charge on any atom is -0.444 e. The molecule has 0 saturated heterocycles. The van der Waals surface area contributed by atoms with Crippen LogP contribution in [0.1, 0.15) is 88.1 Å². The van der Waals surface area contributed by atoms with Crippen molar-refractivity contribution in [2.24, 2.45) is 0 Å². The maximum atomic E-state index is 14.2. The minimum absolute atomic E-state index is 0.0369. The molecule has 0 spiro atoms. The highest BCUT2D eigenvalue weighted by molar-refractivity contribution is 7.80. The fraction of sp³-hybridized carbons (Fsp3) is 0.531. The van der Waals surface area contributed by atoms with Crippen LogP contribution in [0.4, 0.5) is 10.5 Å². The lowest BCUT2D eigenvalue weighted by molar-refractivity contribution is -0.140. The van der Waals surface area contributed by atoms with E-state index in [1.165, 1.54) is 0 Å². The third-order valence-corrected chi connectivity index (χ3v) is 7.40. The van der Waals surface area contributed by atoms with Crippen molar-refractivity contribution < 1.29 is 19.1 Å². The van der Waals surface area contributed by atoms with Gasteiger partial charge in [0, 0.05) is 12.3 Å². The van der Waals surface area contributed by atoms with E-state index in [2.05, 4.69) is 30.2 Å². The highest BCUT2D eigenvalue weighted by Crippen LogP contribution is 2.31. The van der Waals surface area contributed by atoms with Crippen molar-refractivity contribution in [3.05, 3.63) is 63.7 Å².